The molecule has 6 nitrogen and oxygen atoms in total. The van der Waals surface area contributed by atoms with Gasteiger partial charge in [0.25, 0.3) is 0 Å². The Labute approximate surface area is 111 Å². The number of nitrogens with zero attached hydrogens (tertiary/aromatic N) is 2. The number of nitrogens with one attached hydrogen (secondary N) is 2. The number of carbonyl (C=O) groups excluding carboxylic acids is 1. The predicted molar refractivity (Wildman–Crippen MR) is 72.5 cm³/mol. The van der Waals surface area contributed by atoms with Crippen LogP contribution >= 0.6 is 0 Å². The molecule has 100 valence electrons. The highest BCUT2D eigenvalue weighted by Crippen LogP contribution is 2.13. The first-order valence-corrected chi connectivity index (χ1v) is 5.93. The smallest absolute Gasteiger partial charge is 0.319 e. The number of methoxy groups -OCH3 is 1. The van der Waals surface area contributed by atoms with E-state index in [-0.39, 0.29) is 6.03 Å². The Hall–Kier alpha value is -2.34. The summed E-state index contributed by atoms with van der Waals surface area (Å²) in [6, 6.07) is 9.04. The topological polar surface area (TPSA) is 68.2 Å². The number of anilines is 1. The maximum absolute atomic E-state index is 11.6. The summed E-state index contributed by atoms with van der Waals surface area (Å²) in [7, 11) is 1.59. The second-order valence-electron chi connectivity index (χ2n) is 3.87. The van der Waals surface area contributed by atoms with Crippen LogP contribution < -0.4 is 10.6 Å². The van der Waals surface area contributed by atoms with Crippen molar-refractivity contribution in [2.75, 3.05) is 25.6 Å². The van der Waals surface area contributed by atoms with E-state index in [4.69, 9.17) is 4.74 Å². The van der Waals surface area contributed by atoms with Crippen LogP contribution in [0.2, 0.25) is 0 Å². The van der Waals surface area contributed by atoms with Gasteiger partial charge in [-0.25, -0.2) is 9.48 Å². The molecular formula is C13H16N4O2. The third-order valence-corrected chi connectivity index (χ3v) is 2.46. The van der Waals surface area contributed by atoms with Crippen molar-refractivity contribution in [1.29, 1.82) is 0 Å². The molecule has 0 aliphatic heterocycles. The van der Waals surface area contributed by atoms with E-state index < -0.39 is 0 Å². The molecule has 0 fully saturated rings. The molecule has 1 aromatic carbocycles. The zero-order valence-corrected chi connectivity index (χ0v) is 10.7. The zero-order chi connectivity index (χ0) is 13.5. The van der Waals surface area contributed by atoms with E-state index in [0.717, 1.165) is 5.69 Å². The molecular weight excluding hydrogens is 244 g/mol. The zero-order valence-electron chi connectivity index (χ0n) is 10.7. The van der Waals surface area contributed by atoms with E-state index in [1.54, 1.807) is 18.0 Å². The fourth-order valence-electron chi connectivity index (χ4n) is 1.59. The summed E-state index contributed by atoms with van der Waals surface area (Å²) in [6.45, 7) is 0.960. The predicted octanol–water partition coefficient (Wildman–Crippen LogP) is 1.64. The van der Waals surface area contributed by atoms with Crippen LogP contribution in [0, 0.1) is 0 Å². The van der Waals surface area contributed by atoms with Crippen LogP contribution in [0.5, 0.6) is 0 Å². The molecule has 0 atom stereocenters. The fourth-order valence-corrected chi connectivity index (χ4v) is 1.59. The first-order chi connectivity index (χ1) is 9.29. The number of rotatable bonds is 5. The molecule has 2 N–H and O–H groups in total. The van der Waals surface area contributed by atoms with Crippen LogP contribution in [-0.4, -0.2) is 36.1 Å². The number of urea groups is 1. The lowest BCUT2D eigenvalue weighted by molar-refractivity contribution is 0.198. The van der Waals surface area contributed by atoms with Gasteiger partial charge >= 0.3 is 6.03 Å². The highest BCUT2D eigenvalue weighted by Gasteiger charge is 2.02. The van der Waals surface area contributed by atoms with E-state index in [9.17, 15) is 4.79 Å². The number of aromatic nitrogens is 2. The van der Waals surface area contributed by atoms with Crippen molar-refractivity contribution < 1.29 is 9.53 Å². The average Bonchev–Trinajstić information content (AvgIpc) is 2.93. The molecule has 0 unspecified atom stereocenters. The van der Waals surface area contributed by atoms with Crippen LogP contribution in [0.1, 0.15) is 0 Å². The van der Waals surface area contributed by atoms with E-state index in [1.165, 1.54) is 0 Å². The molecule has 19 heavy (non-hydrogen) atoms. The summed E-state index contributed by atoms with van der Waals surface area (Å²) in [5, 5.41) is 9.58. The van der Waals surface area contributed by atoms with Gasteiger partial charge in [-0.1, -0.05) is 6.07 Å². The Kier molecular flexibility index (Phi) is 4.52. The SMILES string of the molecule is COCCNC(=O)Nc1cccc(-n2cccn2)c1. The van der Waals surface area contributed by atoms with Crippen molar-refractivity contribution in [1.82, 2.24) is 15.1 Å². The van der Waals surface area contributed by atoms with Crippen LogP contribution in [0.15, 0.2) is 42.7 Å². The fraction of sp³-hybridized carbons (Fsp3) is 0.231. The third kappa shape index (κ3) is 3.82. The molecule has 0 saturated carbocycles. The standard InChI is InChI=1S/C13H16N4O2/c1-19-9-7-14-13(18)16-11-4-2-5-12(10-11)17-8-3-6-15-17/h2-6,8,10H,7,9H2,1H3,(H2,14,16,18). The summed E-state index contributed by atoms with van der Waals surface area (Å²) >= 11 is 0. The second kappa shape index (κ2) is 6.55. The van der Waals surface area contributed by atoms with Gasteiger partial charge in [0, 0.05) is 31.7 Å². The van der Waals surface area contributed by atoms with Gasteiger partial charge in [-0.3, -0.25) is 0 Å². The summed E-state index contributed by atoms with van der Waals surface area (Å²) in [4.78, 5) is 11.6. The quantitative estimate of drug-likeness (QED) is 0.803. The molecule has 0 spiro atoms. The van der Waals surface area contributed by atoms with Crippen LogP contribution in [0.3, 0.4) is 0 Å². The summed E-state index contributed by atoms with van der Waals surface area (Å²) in [5.74, 6) is 0. The molecule has 6 heteroatoms. The summed E-state index contributed by atoms with van der Waals surface area (Å²) in [5.41, 5.74) is 1.60. The minimum Gasteiger partial charge on any atom is -0.383 e. The van der Waals surface area contributed by atoms with Gasteiger partial charge in [0.2, 0.25) is 0 Å². The molecule has 0 radical (unpaired) electrons. The number of ether oxygens (including phenoxy) is 1. The van der Waals surface area contributed by atoms with Crippen LogP contribution in [-0.2, 0) is 4.74 Å². The van der Waals surface area contributed by atoms with Crippen molar-refractivity contribution in [2.45, 2.75) is 0 Å². The van der Waals surface area contributed by atoms with Crippen LogP contribution in [0.25, 0.3) is 5.69 Å². The molecule has 2 aromatic rings. The summed E-state index contributed by atoms with van der Waals surface area (Å²) in [6.07, 6.45) is 3.55. The second-order valence-corrected chi connectivity index (χ2v) is 3.87. The van der Waals surface area contributed by atoms with Gasteiger partial charge in [0.1, 0.15) is 0 Å². The molecule has 0 aliphatic rings. The number of hydrogen-bond acceptors (Lipinski definition) is 3. The lowest BCUT2D eigenvalue weighted by atomic mass is 10.3. The Morgan fingerprint density at radius 3 is 3.05 bits per heavy atom. The van der Waals surface area contributed by atoms with Crippen molar-refractivity contribution in [2.24, 2.45) is 0 Å². The third-order valence-electron chi connectivity index (χ3n) is 2.46. The van der Waals surface area contributed by atoms with E-state index >= 15 is 0 Å². The Bertz CT molecular complexity index is 525. The van der Waals surface area contributed by atoms with Crippen molar-refractivity contribution in [3.05, 3.63) is 42.7 Å². The number of carbonyl (C=O) groups is 1. The van der Waals surface area contributed by atoms with Crippen LogP contribution in [0.4, 0.5) is 10.5 Å². The monoisotopic (exact) mass is 260 g/mol. The summed E-state index contributed by atoms with van der Waals surface area (Å²) < 4.78 is 6.59. The lowest BCUT2D eigenvalue weighted by Gasteiger charge is -2.08. The highest BCUT2D eigenvalue weighted by molar-refractivity contribution is 5.89. The number of benzene rings is 1. The van der Waals surface area contributed by atoms with Crippen molar-refractivity contribution in [3.63, 3.8) is 0 Å². The van der Waals surface area contributed by atoms with Crippen molar-refractivity contribution >= 4 is 11.7 Å². The van der Waals surface area contributed by atoms with Crippen molar-refractivity contribution in [3.8, 4) is 5.69 Å². The van der Waals surface area contributed by atoms with E-state index in [0.29, 0.717) is 18.8 Å². The number of hydrogen-bond donors (Lipinski definition) is 2. The van der Waals surface area contributed by atoms with Gasteiger partial charge in [-0.2, -0.15) is 5.10 Å². The molecule has 2 rings (SSSR count). The maximum Gasteiger partial charge on any atom is 0.319 e. The molecule has 1 aromatic heterocycles. The van der Waals surface area contributed by atoms with E-state index in [2.05, 4.69) is 15.7 Å². The average molecular weight is 260 g/mol. The number of amides is 2. The maximum atomic E-state index is 11.6. The van der Waals surface area contributed by atoms with Gasteiger partial charge < -0.3 is 15.4 Å². The van der Waals surface area contributed by atoms with E-state index in [1.807, 2.05) is 36.5 Å². The molecule has 1 heterocycles. The minimum atomic E-state index is -0.255. The minimum absolute atomic E-state index is 0.255. The lowest BCUT2D eigenvalue weighted by Crippen LogP contribution is -2.31. The molecule has 2 amide bonds. The van der Waals surface area contributed by atoms with Gasteiger partial charge in [-0.15, -0.1) is 0 Å². The first-order valence-electron chi connectivity index (χ1n) is 5.93. The Balaban J connectivity index is 1.97. The molecule has 0 aliphatic carbocycles. The Morgan fingerprint density at radius 2 is 2.32 bits per heavy atom. The largest absolute Gasteiger partial charge is 0.383 e. The van der Waals surface area contributed by atoms with Gasteiger partial charge in [0.05, 0.1) is 12.3 Å². The van der Waals surface area contributed by atoms with Gasteiger partial charge in [0.15, 0.2) is 0 Å². The molecule has 0 bridgehead atoms. The normalized spacial score (nSPS) is 10.2. The Morgan fingerprint density at radius 1 is 1.42 bits per heavy atom. The molecule has 0 saturated heterocycles. The first kappa shape index (κ1) is 13.1. The highest BCUT2D eigenvalue weighted by atomic mass is 16.5. The van der Waals surface area contributed by atoms with Gasteiger partial charge in [-0.05, 0) is 24.3 Å².